The molecule has 42 heavy (non-hydrogen) atoms. The number of esters is 1. The Hall–Kier alpha value is -4.51. The highest BCUT2D eigenvalue weighted by molar-refractivity contribution is 5.93. The van der Waals surface area contributed by atoms with Gasteiger partial charge in [-0.05, 0) is 86.3 Å². The number of hydrogen-bond donors (Lipinski definition) is 0. The molecule has 8 heteroatoms. The van der Waals surface area contributed by atoms with E-state index in [0.29, 0.717) is 41.7 Å². The van der Waals surface area contributed by atoms with E-state index in [4.69, 9.17) is 9.72 Å². The van der Waals surface area contributed by atoms with Crippen LogP contribution in [-0.2, 0) is 16.0 Å². The van der Waals surface area contributed by atoms with Crippen LogP contribution in [0.1, 0.15) is 83.7 Å². The Morgan fingerprint density at radius 1 is 1.12 bits per heavy atom. The summed E-state index contributed by atoms with van der Waals surface area (Å²) in [5.41, 5.74) is 6.22. The molecule has 0 bridgehead atoms. The summed E-state index contributed by atoms with van der Waals surface area (Å²) < 4.78 is 21.9. The van der Waals surface area contributed by atoms with Gasteiger partial charge in [-0.2, -0.15) is 5.10 Å². The summed E-state index contributed by atoms with van der Waals surface area (Å²) in [4.78, 5) is 32.0. The van der Waals surface area contributed by atoms with E-state index >= 15 is 4.39 Å². The number of imidazole rings is 1. The third-order valence-corrected chi connectivity index (χ3v) is 8.67. The molecule has 212 valence electrons. The van der Waals surface area contributed by atoms with Crippen LogP contribution in [0.5, 0.6) is 0 Å². The second kappa shape index (κ2) is 10.4. The Morgan fingerprint density at radius 3 is 2.74 bits per heavy atom. The SMILES string of the molecule is CCOC(=O)C#CC1C[C@@H]1c1ccc(-c2cn3nc(C(=O)N4CCc5ccccc5[C@H]4C)cc(C4CC4)c3n2)c(F)c1. The molecule has 2 aromatic carbocycles. The first-order valence-electron chi connectivity index (χ1n) is 14.7. The fraction of sp³-hybridized carbons (Fsp3) is 0.353. The summed E-state index contributed by atoms with van der Waals surface area (Å²) in [5.74, 6) is 4.90. The molecule has 1 amide bonds. The fourth-order valence-electron chi connectivity index (χ4n) is 6.14. The molecule has 1 unspecified atom stereocenters. The molecule has 7 rings (SSSR count). The molecule has 7 nitrogen and oxygen atoms in total. The lowest BCUT2D eigenvalue weighted by atomic mass is 9.93. The topological polar surface area (TPSA) is 76.8 Å². The second-order valence-electron chi connectivity index (χ2n) is 11.5. The first-order chi connectivity index (χ1) is 20.4. The van der Waals surface area contributed by atoms with E-state index in [0.717, 1.165) is 36.8 Å². The second-order valence-corrected chi connectivity index (χ2v) is 11.5. The number of carbonyl (C=O) groups excluding carboxylic acids is 2. The molecule has 2 aromatic heterocycles. The molecule has 3 heterocycles. The summed E-state index contributed by atoms with van der Waals surface area (Å²) in [6, 6.07) is 15.3. The summed E-state index contributed by atoms with van der Waals surface area (Å²) >= 11 is 0. The number of fused-ring (bicyclic) bond motifs is 2. The maximum absolute atomic E-state index is 15.4. The van der Waals surface area contributed by atoms with Gasteiger partial charge in [0.1, 0.15) is 11.5 Å². The Labute approximate surface area is 243 Å². The van der Waals surface area contributed by atoms with Gasteiger partial charge in [-0.3, -0.25) is 4.79 Å². The molecule has 1 aliphatic heterocycles. The third kappa shape index (κ3) is 4.83. The highest BCUT2D eigenvalue weighted by Crippen LogP contribution is 2.48. The lowest BCUT2D eigenvalue weighted by Gasteiger charge is -2.35. The van der Waals surface area contributed by atoms with Gasteiger partial charge in [-0.1, -0.05) is 36.3 Å². The quantitative estimate of drug-likeness (QED) is 0.174. The maximum Gasteiger partial charge on any atom is 0.384 e. The smallest absolute Gasteiger partial charge is 0.384 e. The van der Waals surface area contributed by atoms with Crippen LogP contribution in [0.15, 0.2) is 54.7 Å². The van der Waals surface area contributed by atoms with Crippen LogP contribution >= 0.6 is 0 Å². The number of amides is 1. The van der Waals surface area contributed by atoms with Crippen LogP contribution in [0.3, 0.4) is 0 Å². The van der Waals surface area contributed by atoms with E-state index in [-0.39, 0.29) is 29.6 Å². The number of halogens is 1. The van der Waals surface area contributed by atoms with Gasteiger partial charge in [0, 0.05) is 29.5 Å². The molecular weight excluding hydrogens is 531 g/mol. The molecule has 0 spiro atoms. The number of rotatable bonds is 5. The molecule has 0 saturated heterocycles. The van der Waals surface area contributed by atoms with Gasteiger partial charge in [-0.25, -0.2) is 18.7 Å². The van der Waals surface area contributed by atoms with Crippen molar-refractivity contribution in [3.63, 3.8) is 0 Å². The van der Waals surface area contributed by atoms with E-state index in [1.165, 1.54) is 17.2 Å². The first kappa shape index (κ1) is 26.4. The first-order valence-corrected chi connectivity index (χ1v) is 14.7. The van der Waals surface area contributed by atoms with Crippen molar-refractivity contribution in [3.05, 3.63) is 88.5 Å². The highest BCUT2D eigenvalue weighted by atomic mass is 19.1. The number of aromatic nitrogens is 3. The molecule has 2 fully saturated rings. The lowest BCUT2D eigenvalue weighted by Crippen LogP contribution is -2.39. The molecule has 3 atom stereocenters. The summed E-state index contributed by atoms with van der Waals surface area (Å²) in [7, 11) is 0. The van der Waals surface area contributed by atoms with Crippen LogP contribution in [0.25, 0.3) is 16.9 Å². The maximum atomic E-state index is 15.4. The van der Waals surface area contributed by atoms with Crippen molar-refractivity contribution in [1.29, 1.82) is 0 Å². The standard InChI is InChI=1S/C34H31FN4O3/c1-3-42-32(40)13-11-23-16-27(23)24-10-12-26(29(35)17-24)31-19-39-33(36-31)28(22-8-9-22)18-30(37-39)34(41)38-15-14-21-6-4-5-7-25(21)20(38)2/h4-7,10,12,17-20,22-23,27H,3,8-9,14-16H2,1-2H3/t20-,23?,27+/m1/s1. The van der Waals surface area contributed by atoms with Gasteiger partial charge in [0.25, 0.3) is 5.91 Å². The van der Waals surface area contributed by atoms with Crippen molar-refractivity contribution in [2.24, 2.45) is 5.92 Å². The van der Waals surface area contributed by atoms with Crippen LogP contribution in [0.2, 0.25) is 0 Å². The largest absolute Gasteiger partial charge is 0.456 e. The number of ether oxygens (including phenoxy) is 1. The fourth-order valence-corrected chi connectivity index (χ4v) is 6.14. The minimum absolute atomic E-state index is 0.0206. The number of carbonyl (C=O) groups is 2. The summed E-state index contributed by atoms with van der Waals surface area (Å²) in [6.07, 6.45) is 5.39. The Balaban J connectivity index is 1.16. The molecule has 3 aliphatic rings. The van der Waals surface area contributed by atoms with Gasteiger partial charge in [0.2, 0.25) is 0 Å². The van der Waals surface area contributed by atoms with Crippen LogP contribution in [0.4, 0.5) is 4.39 Å². The summed E-state index contributed by atoms with van der Waals surface area (Å²) in [5, 5.41) is 4.69. The minimum atomic E-state index is -0.531. The summed E-state index contributed by atoms with van der Waals surface area (Å²) in [6.45, 7) is 4.73. The Morgan fingerprint density at radius 2 is 1.95 bits per heavy atom. The van der Waals surface area contributed by atoms with Crippen molar-refractivity contribution < 1.29 is 18.7 Å². The van der Waals surface area contributed by atoms with E-state index in [2.05, 4.69) is 36.0 Å². The van der Waals surface area contributed by atoms with Gasteiger partial charge < -0.3 is 9.64 Å². The van der Waals surface area contributed by atoms with Crippen LogP contribution in [-0.4, -0.2) is 44.5 Å². The van der Waals surface area contributed by atoms with Crippen LogP contribution in [0, 0.1) is 23.6 Å². The molecule has 4 aromatic rings. The zero-order valence-electron chi connectivity index (χ0n) is 23.6. The zero-order chi connectivity index (χ0) is 29.0. The van der Waals surface area contributed by atoms with Gasteiger partial charge in [-0.15, -0.1) is 0 Å². The van der Waals surface area contributed by atoms with Crippen LogP contribution < -0.4 is 0 Å². The Bertz CT molecular complexity index is 1800. The monoisotopic (exact) mass is 562 g/mol. The van der Waals surface area contributed by atoms with Crippen molar-refractivity contribution >= 4 is 17.5 Å². The average molecular weight is 563 g/mol. The number of benzene rings is 2. The molecule has 0 N–H and O–H groups in total. The van der Waals surface area contributed by atoms with E-state index in [1.54, 1.807) is 23.7 Å². The number of nitrogens with zero attached hydrogens (tertiary/aromatic N) is 4. The minimum Gasteiger partial charge on any atom is -0.456 e. The van der Waals surface area contributed by atoms with Crippen molar-refractivity contribution in [2.45, 2.75) is 57.4 Å². The van der Waals surface area contributed by atoms with Crippen molar-refractivity contribution in [1.82, 2.24) is 19.5 Å². The normalized spacial score (nSPS) is 20.9. The average Bonchev–Trinajstić information content (AvgIpc) is 3.92. The van der Waals surface area contributed by atoms with Gasteiger partial charge >= 0.3 is 5.97 Å². The van der Waals surface area contributed by atoms with E-state index < -0.39 is 5.97 Å². The molecule has 2 aliphatic carbocycles. The van der Waals surface area contributed by atoms with E-state index in [9.17, 15) is 9.59 Å². The van der Waals surface area contributed by atoms with Gasteiger partial charge in [0.05, 0.1) is 24.5 Å². The molecule has 2 saturated carbocycles. The predicted octanol–water partition coefficient (Wildman–Crippen LogP) is 5.84. The number of hydrogen-bond acceptors (Lipinski definition) is 5. The third-order valence-electron chi connectivity index (χ3n) is 8.67. The van der Waals surface area contributed by atoms with Crippen molar-refractivity contribution in [2.75, 3.05) is 13.2 Å². The van der Waals surface area contributed by atoms with Crippen molar-refractivity contribution in [3.8, 4) is 23.1 Å². The Kier molecular flexibility index (Phi) is 6.53. The lowest BCUT2D eigenvalue weighted by molar-refractivity contribution is -0.136. The highest BCUT2D eigenvalue weighted by Gasteiger charge is 2.38. The van der Waals surface area contributed by atoms with Gasteiger partial charge in [0.15, 0.2) is 5.65 Å². The predicted molar refractivity (Wildman–Crippen MR) is 155 cm³/mol. The zero-order valence-corrected chi connectivity index (χ0v) is 23.6. The molecule has 0 radical (unpaired) electrons. The van der Waals surface area contributed by atoms with E-state index in [1.807, 2.05) is 29.2 Å². The molecular formula is C34H31FN4O3.